The van der Waals surface area contributed by atoms with Gasteiger partial charge in [0, 0.05) is 4.47 Å². The van der Waals surface area contributed by atoms with Crippen molar-refractivity contribution in [3.05, 3.63) is 142 Å². The van der Waals surface area contributed by atoms with Gasteiger partial charge in [0.2, 0.25) is 0 Å². The fourth-order valence-electron chi connectivity index (χ4n) is 5.22. The maximum atomic E-state index is 3.62. The lowest BCUT2D eigenvalue weighted by Crippen LogP contribution is -2.28. The predicted octanol–water partition coefficient (Wildman–Crippen LogP) is 7.97. The number of hydrogen-bond acceptors (Lipinski definition) is 0. The Bertz CT molecular complexity index is 1380. The van der Waals surface area contributed by atoms with Crippen molar-refractivity contribution in [1.29, 1.82) is 0 Å². The highest BCUT2D eigenvalue weighted by atomic mass is 79.9. The van der Waals surface area contributed by atoms with Crippen LogP contribution in [0.3, 0.4) is 0 Å². The van der Waals surface area contributed by atoms with E-state index in [9.17, 15) is 0 Å². The lowest BCUT2D eigenvalue weighted by molar-refractivity contribution is 0.769. The van der Waals surface area contributed by atoms with Gasteiger partial charge in [0.05, 0.1) is 5.41 Å². The first-order chi connectivity index (χ1) is 14.8. The molecule has 0 saturated heterocycles. The van der Waals surface area contributed by atoms with Crippen molar-refractivity contribution in [2.24, 2.45) is 0 Å². The summed E-state index contributed by atoms with van der Waals surface area (Å²) in [5.41, 5.74) is 7.65. The summed E-state index contributed by atoms with van der Waals surface area (Å²) in [5.74, 6) is 0. The van der Waals surface area contributed by atoms with Gasteiger partial charge in [-0.3, -0.25) is 0 Å². The Hall–Kier alpha value is -3.16. The van der Waals surface area contributed by atoms with E-state index < -0.39 is 0 Å². The maximum Gasteiger partial charge on any atom is 0.0713 e. The lowest BCUT2D eigenvalue weighted by Gasteiger charge is -2.34. The molecule has 0 N–H and O–H groups in total. The first kappa shape index (κ1) is 17.7. The van der Waals surface area contributed by atoms with Crippen LogP contribution >= 0.6 is 15.9 Å². The van der Waals surface area contributed by atoms with Gasteiger partial charge in [0.1, 0.15) is 0 Å². The van der Waals surface area contributed by atoms with Gasteiger partial charge in [-0.25, -0.2) is 0 Å². The minimum Gasteiger partial charge on any atom is -0.0622 e. The van der Waals surface area contributed by atoms with Gasteiger partial charge in [-0.2, -0.15) is 0 Å². The fraction of sp³-hybridized carbons (Fsp3) is 0.0345. The smallest absolute Gasteiger partial charge is 0.0622 e. The zero-order chi connectivity index (χ0) is 20.1. The van der Waals surface area contributed by atoms with E-state index >= 15 is 0 Å². The SMILES string of the molecule is Brc1ccc(C2(c3ccccc3)c3ccccc3-c3c2ccc2ccccc32)cc1. The molecule has 0 spiro atoms. The molecule has 0 saturated carbocycles. The third-order valence-electron chi connectivity index (χ3n) is 6.42. The monoisotopic (exact) mass is 446 g/mol. The average molecular weight is 447 g/mol. The molecule has 5 aromatic rings. The van der Waals surface area contributed by atoms with Crippen LogP contribution < -0.4 is 0 Å². The molecule has 30 heavy (non-hydrogen) atoms. The molecule has 1 unspecified atom stereocenters. The van der Waals surface area contributed by atoms with Crippen LogP contribution in [0.25, 0.3) is 21.9 Å². The van der Waals surface area contributed by atoms with E-state index in [2.05, 4.69) is 131 Å². The average Bonchev–Trinajstić information content (AvgIpc) is 3.12. The van der Waals surface area contributed by atoms with E-state index in [0.29, 0.717) is 0 Å². The van der Waals surface area contributed by atoms with Crippen molar-refractivity contribution in [2.45, 2.75) is 5.41 Å². The van der Waals surface area contributed by atoms with Gasteiger partial charge in [-0.05, 0) is 56.3 Å². The van der Waals surface area contributed by atoms with Crippen molar-refractivity contribution in [3.63, 3.8) is 0 Å². The summed E-state index contributed by atoms with van der Waals surface area (Å²) in [5, 5.41) is 2.60. The number of rotatable bonds is 2. The topological polar surface area (TPSA) is 0 Å². The van der Waals surface area contributed by atoms with Crippen LogP contribution in [0, 0.1) is 0 Å². The highest BCUT2D eigenvalue weighted by molar-refractivity contribution is 9.10. The Balaban J connectivity index is 1.83. The number of benzene rings is 5. The first-order valence-electron chi connectivity index (χ1n) is 10.2. The van der Waals surface area contributed by atoms with E-state index in [0.717, 1.165) is 4.47 Å². The molecule has 0 aromatic heterocycles. The second-order valence-electron chi connectivity index (χ2n) is 7.88. The summed E-state index contributed by atoms with van der Waals surface area (Å²) in [4.78, 5) is 0. The molecule has 1 heteroatoms. The standard InChI is InChI=1S/C29H19Br/c30-23-17-15-22(16-18-23)29(21-9-2-1-3-10-21)26-13-7-6-12-25(26)28-24-11-5-4-8-20(24)14-19-27(28)29/h1-19H. The molecule has 0 bridgehead atoms. The van der Waals surface area contributed by atoms with Crippen molar-refractivity contribution in [3.8, 4) is 11.1 Å². The minimum absolute atomic E-state index is 0.335. The summed E-state index contributed by atoms with van der Waals surface area (Å²) in [6.45, 7) is 0. The van der Waals surface area contributed by atoms with Crippen molar-refractivity contribution in [2.75, 3.05) is 0 Å². The van der Waals surface area contributed by atoms with Crippen LogP contribution in [0.2, 0.25) is 0 Å². The van der Waals surface area contributed by atoms with E-state index in [4.69, 9.17) is 0 Å². The number of halogens is 1. The van der Waals surface area contributed by atoms with Crippen molar-refractivity contribution >= 4 is 26.7 Å². The third kappa shape index (κ3) is 2.33. The van der Waals surface area contributed by atoms with Gasteiger partial charge in [0.25, 0.3) is 0 Å². The molecule has 5 aromatic carbocycles. The maximum absolute atomic E-state index is 3.62. The molecule has 0 radical (unpaired) electrons. The molecular formula is C29H19Br. The van der Waals surface area contributed by atoms with E-state index in [1.807, 2.05) is 0 Å². The second kappa shape index (κ2) is 6.68. The van der Waals surface area contributed by atoms with Crippen LogP contribution in [0.5, 0.6) is 0 Å². The summed E-state index contributed by atoms with van der Waals surface area (Å²) >= 11 is 3.62. The Morgan fingerprint density at radius 3 is 2.00 bits per heavy atom. The third-order valence-corrected chi connectivity index (χ3v) is 6.95. The zero-order valence-corrected chi connectivity index (χ0v) is 17.9. The minimum atomic E-state index is -0.335. The van der Waals surface area contributed by atoms with Gasteiger partial charge in [-0.1, -0.05) is 119 Å². The van der Waals surface area contributed by atoms with Crippen molar-refractivity contribution < 1.29 is 0 Å². The van der Waals surface area contributed by atoms with Crippen LogP contribution in [-0.4, -0.2) is 0 Å². The van der Waals surface area contributed by atoms with Gasteiger partial charge >= 0.3 is 0 Å². The molecule has 6 rings (SSSR count). The molecule has 142 valence electrons. The van der Waals surface area contributed by atoms with Crippen LogP contribution in [0.4, 0.5) is 0 Å². The molecule has 0 nitrogen and oxygen atoms in total. The van der Waals surface area contributed by atoms with E-state index in [-0.39, 0.29) is 5.41 Å². The Morgan fingerprint density at radius 1 is 0.500 bits per heavy atom. The fourth-order valence-corrected chi connectivity index (χ4v) is 5.49. The molecule has 0 heterocycles. The quantitative estimate of drug-likeness (QED) is 0.253. The predicted molar refractivity (Wildman–Crippen MR) is 129 cm³/mol. The van der Waals surface area contributed by atoms with Crippen molar-refractivity contribution in [1.82, 2.24) is 0 Å². The highest BCUT2D eigenvalue weighted by Gasteiger charge is 2.46. The molecule has 1 aliphatic rings. The van der Waals surface area contributed by atoms with E-state index in [1.54, 1.807) is 0 Å². The van der Waals surface area contributed by atoms with Crippen LogP contribution in [-0.2, 0) is 5.41 Å². The molecule has 0 aliphatic heterocycles. The molecule has 1 aliphatic carbocycles. The second-order valence-corrected chi connectivity index (χ2v) is 8.79. The molecule has 0 amide bonds. The number of hydrogen-bond donors (Lipinski definition) is 0. The van der Waals surface area contributed by atoms with Crippen LogP contribution in [0.1, 0.15) is 22.3 Å². The van der Waals surface area contributed by atoms with Gasteiger partial charge in [0.15, 0.2) is 0 Å². The molecule has 0 fully saturated rings. The highest BCUT2D eigenvalue weighted by Crippen LogP contribution is 2.57. The molecule has 1 atom stereocenters. The Morgan fingerprint density at radius 2 is 1.17 bits per heavy atom. The Kier molecular flexibility index (Phi) is 3.94. The summed E-state index contributed by atoms with van der Waals surface area (Å²) in [6.07, 6.45) is 0. The summed E-state index contributed by atoms with van der Waals surface area (Å²) < 4.78 is 1.10. The first-order valence-corrected chi connectivity index (χ1v) is 11.0. The zero-order valence-electron chi connectivity index (χ0n) is 16.3. The summed E-state index contributed by atoms with van der Waals surface area (Å²) in [7, 11) is 0. The Labute approximate surface area is 185 Å². The normalized spacial score (nSPS) is 17.0. The summed E-state index contributed by atoms with van der Waals surface area (Å²) in [6, 6.07) is 42.0. The lowest BCUT2D eigenvalue weighted by atomic mass is 9.67. The number of fused-ring (bicyclic) bond motifs is 5. The van der Waals surface area contributed by atoms with Crippen LogP contribution in [0.15, 0.2) is 120 Å². The largest absolute Gasteiger partial charge is 0.0713 e. The van der Waals surface area contributed by atoms with Gasteiger partial charge < -0.3 is 0 Å². The van der Waals surface area contributed by atoms with E-state index in [1.165, 1.54) is 44.2 Å². The van der Waals surface area contributed by atoms with Gasteiger partial charge in [-0.15, -0.1) is 0 Å². The molecular weight excluding hydrogens is 428 g/mol.